The molecule has 102 valence electrons. The Hall–Kier alpha value is -0.930. The molecule has 0 spiro atoms. The third-order valence-corrected chi connectivity index (χ3v) is 3.03. The topological polar surface area (TPSA) is 23.5 Å². The van der Waals surface area contributed by atoms with Gasteiger partial charge in [-0.05, 0) is 57.9 Å². The van der Waals surface area contributed by atoms with Gasteiger partial charge in [-0.25, -0.2) is 4.39 Å². The summed E-state index contributed by atoms with van der Waals surface area (Å²) in [7, 11) is 0. The van der Waals surface area contributed by atoms with Gasteiger partial charge in [-0.3, -0.25) is 4.90 Å². The molecule has 0 bridgehead atoms. The Morgan fingerprint density at radius 3 is 2.56 bits per heavy atom. The van der Waals surface area contributed by atoms with Crippen LogP contribution < -0.4 is 0 Å². The first-order chi connectivity index (χ1) is 8.49. The van der Waals surface area contributed by atoms with Gasteiger partial charge < -0.3 is 5.11 Å². The molecular weight excluding hydrogens is 229 g/mol. The smallest absolute Gasteiger partial charge is 0.123 e. The molecule has 0 aliphatic carbocycles. The van der Waals surface area contributed by atoms with Crippen LogP contribution in [0.25, 0.3) is 0 Å². The van der Waals surface area contributed by atoms with E-state index in [1.807, 2.05) is 13.0 Å². The molecule has 0 aliphatic rings. The summed E-state index contributed by atoms with van der Waals surface area (Å²) in [5.41, 5.74) is 1.04. The van der Waals surface area contributed by atoms with Crippen LogP contribution in [-0.4, -0.2) is 35.2 Å². The maximum Gasteiger partial charge on any atom is 0.123 e. The molecule has 1 aromatic carbocycles. The van der Waals surface area contributed by atoms with Crippen molar-refractivity contribution in [1.82, 2.24) is 4.90 Å². The van der Waals surface area contributed by atoms with E-state index in [0.717, 1.165) is 24.9 Å². The fourth-order valence-corrected chi connectivity index (χ4v) is 2.08. The monoisotopic (exact) mass is 253 g/mol. The second kappa shape index (κ2) is 7.49. The van der Waals surface area contributed by atoms with Crippen molar-refractivity contribution in [3.63, 3.8) is 0 Å². The molecule has 0 saturated carbocycles. The van der Waals surface area contributed by atoms with E-state index in [0.29, 0.717) is 12.6 Å². The summed E-state index contributed by atoms with van der Waals surface area (Å²) < 4.78 is 13.0. The minimum atomic E-state index is -0.304. The number of hydrogen-bond acceptors (Lipinski definition) is 2. The van der Waals surface area contributed by atoms with E-state index in [2.05, 4.69) is 18.7 Å². The van der Waals surface area contributed by atoms with E-state index >= 15 is 0 Å². The third-order valence-electron chi connectivity index (χ3n) is 3.03. The van der Waals surface area contributed by atoms with Gasteiger partial charge in [0.1, 0.15) is 5.82 Å². The molecule has 1 rings (SSSR count). The molecular formula is C15H24FNO. The maximum atomic E-state index is 13.0. The first-order valence-electron chi connectivity index (χ1n) is 6.65. The highest BCUT2D eigenvalue weighted by Crippen LogP contribution is 2.08. The van der Waals surface area contributed by atoms with Crippen LogP contribution in [-0.2, 0) is 6.42 Å². The predicted octanol–water partition coefficient (Wildman–Crippen LogP) is 2.85. The van der Waals surface area contributed by atoms with Crippen LogP contribution in [0.4, 0.5) is 4.39 Å². The van der Waals surface area contributed by atoms with Gasteiger partial charge in [0, 0.05) is 12.6 Å². The lowest BCUT2D eigenvalue weighted by atomic mass is 10.1. The van der Waals surface area contributed by atoms with E-state index in [1.165, 1.54) is 6.07 Å². The molecule has 0 fully saturated rings. The SMILES string of the molecule is CC(O)CN(CCCc1cccc(F)c1)C(C)C. The normalized spacial score (nSPS) is 13.3. The van der Waals surface area contributed by atoms with E-state index < -0.39 is 0 Å². The Morgan fingerprint density at radius 1 is 1.28 bits per heavy atom. The minimum absolute atomic E-state index is 0.169. The third kappa shape index (κ3) is 5.61. The van der Waals surface area contributed by atoms with E-state index in [4.69, 9.17) is 0 Å². The summed E-state index contributed by atoms with van der Waals surface area (Å²) in [6.07, 6.45) is 1.55. The van der Waals surface area contributed by atoms with Crippen LogP contribution in [0.1, 0.15) is 32.8 Å². The van der Waals surface area contributed by atoms with Gasteiger partial charge in [0.2, 0.25) is 0 Å². The fraction of sp³-hybridized carbons (Fsp3) is 0.600. The van der Waals surface area contributed by atoms with Crippen molar-refractivity contribution in [2.24, 2.45) is 0 Å². The standard InChI is InChI=1S/C15H24FNO/c1-12(2)17(11-13(3)18)9-5-7-14-6-4-8-15(16)10-14/h4,6,8,10,12-13,18H,5,7,9,11H2,1-3H3. The molecule has 3 heteroatoms. The van der Waals surface area contributed by atoms with Gasteiger partial charge >= 0.3 is 0 Å². The highest BCUT2D eigenvalue weighted by Gasteiger charge is 2.11. The number of aliphatic hydroxyl groups excluding tert-OH is 1. The van der Waals surface area contributed by atoms with Crippen LogP contribution in [0, 0.1) is 5.82 Å². The van der Waals surface area contributed by atoms with Crippen LogP contribution in [0.2, 0.25) is 0 Å². The van der Waals surface area contributed by atoms with E-state index in [-0.39, 0.29) is 11.9 Å². The number of nitrogens with zero attached hydrogens (tertiary/aromatic N) is 1. The van der Waals surface area contributed by atoms with Crippen molar-refractivity contribution in [3.05, 3.63) is 35.6 Å². The zero-order valence-corrected chi connectivity index (χ0v) is 11.6. The summed E-state index contributed by atoms with van der Waals surface area (Å²) in [6, 6.07) is 7.19. The Balaban J connectivity index is 2.39. The van der Waals surface area contributed by atoms with Crippen LogP contribution in [0.15, 0.2) is 24.3 Å². The second-order valence-electron chi connectivity index (χ2n) is 5.17. The van der Waals surface area contributed by atoms with Gasteiger partial charge in [0.05, 0.1) is 6.10 Å². The van der Waals surface area contributed by atoms with E-state index in [1.54, 1.807) is 12.1 Å². The molecule has 0 radical (unpaired) electrons. The molecule has 0 saturated heterocycles. The lowest BCUT2D eigenvalue weighted by Crippen LogP contribution is -2.37. The zero-order valence-electron chi connectivity index (χ0n) is 11.6. The average molecular weight is 253 g/mol. The summed E-state index contributed by atoms with van der Waals surface area (Å²) in [4.78, 5) is 2.25. The Morgan fingerprint density at radius 2 is 2.00 bits per heavy atom. The number of hydrogen-bond donors (Lipinski definition) is 1. The van der Waals surface area contributed by atoms with Crippen molar-refractivity contribution in [3.8, 4) is 0 Å². The van der Waals surface area contributed by atoms with Crippen LogP contribution in [0.3, 0.4) is 0 Å². The maximum absolute atomic E-state index is 13.0. The first-order valence-corrected chi connectivity index (χ1v) is 6.65. The van der Waals surface area contributed by atoms with Crippen molar-refractivity contribution in [1.29, 1.82) is 0 Å². The molecule has 1 N–H and O–H groups in total. The summed E-state index contributed by atoms with van der Waals surface area (Å²) >= 11 is 0. The van der Waals surface area contributed by atoms with Gasteiger partial charge in [0.15, 0.2) is 0 Å². The lowest BCUT2D eigenvalue weighted by Gasteiger charge is -2.27. The summed E-state index contributed by atoms with van der Waals surface area (Å²) in [6.45, 7) is 7.69. The second-order valence-corrected chi connectivity index (χ2v) is 5.17. The highest BCUT2D eigenvalue weighted by molar-refractivity contribution is 5.16. The number of halogens is 1. The number of aryl methyl sites for hydroxylation is 1. The number of rotatable bonds is 7. The lowest BCUT2D eigenvalue weighted by molar-refractivity contribution is 0.107. The molecule has 0 heterocycles. The highest BCUT2D eigenvalue weighted by atomic mass is 19.1. The first kappa shape index (κ1) is 15.1. The molecule has 1 unspecified atom stereocenters. The van der Waals surface area contributed by atoms with Crippen molar-refractivity contribution >= 4 is 0 Å². The molecule has 18 heavy (non-hydrogen) atoms. The van der Waals surface area contributed by atoms with Crippen LogP contribution >= 0.6 is 0 Å². The number of aliphatic hydroxyl groups is 1. The van der Waals surface area contributed by atoms with Crippen LogP contribution in [0.5, 0.6) is 0 Å². The van der Waals surface area contributed by atoms with Gasteiger partial charge in [0.25, 0.3) is 0 Å². The van der Waals surface area contributed by atoms with E-state index in [9.17, 15) is 9.50 Å². The zero-order chi connectivity index (χ0) is 13.5. The van der Waals surface area contributed by atoms with Gasteiger partial charge in [-0.2, -0.15) is 0 Å². The Kier molecular flexibility index (Phi) is 6.30. The summed E-state index contributed by atoms with van der Waals surface area (Å²) in [5, 5.41) is 9.43. The number of benzene rings is 1. The van der Waals surface area contributed by atoms with Crippen molar-refractivity contribution in [2.75, 3.05) is 13.1 Å². The van der Waals surface area contributed by atoms with Gasteiger partial charge in [-0.15, -0.1) is 0 Å². The van der Waals surface area contributed by atoms with Crippen molar-refractivity contribution < 1.29 is 9.50 Å². The average Bonchev–Trinajstić information content (AvgIpc) is 2.27. The quantitative estimate of drug-likeness (QED) is 0.807. The molecule has 0 amide bonds. The largest absolute Gasteiger partial charge is 0.392 e. The van der Waals surface area contributed by atoms with Crippen molar-refractivity contribution in [2.45, 2.75) is 45.8 Å². The molecule has 0 aliphatic heterocycles. The molecule has 1 aromatic rings. The Bertz CT molecular complexity index is 352. The minimum Gasteiger partial charge on any atom is -0.392 e. The molecule has 2 nitrogen and oxygen atoms in total. The summed E-state index contributed by atoms with van der Waals surface area (Å²) in [5.74, 6) is -0.169. The predicted molar refractivity (Wildman–Crippen MR) is 73.1 cm³/mol. The van der Waals surface area contributed by atoms with Gasteiger partial charge in [-0.1, -0.05) is 12.1 Å². The Labute approximate surface area is 109 Å². The molecule has 1 atom stereocenters. The molecule has 0 aromatic heterocycles. The fourth-order valence-electron chi connectivity index (χ4n) is 2.08.